The summed E-state index contributed by atoms with van der Waals surface area (Å²) >= 11 is 0. The summed E-state index contributed by atoms with van der Waals surface area (Å²) in [6, 6.07) is 4.52. The molecule has 1 aliphatic carbocycles. The monoisotopic (exact) mass is 247 g/mol. The van der Waals surface area contributed by atoms with Crippen LogP contribution in [0.25, 0.3) is 0 Å². The Morgan fingerprint density at radius 2 is 2.00 bits per heavy atom. The molecule has 0 aromatic heterocycles. The van der Waals surface area contributed by atoms with E-state index in [1.54, 1.807) is 4.90 Å². The number of amides is 1. The maximum absolute atomic E-state index is 12.6. The van der Waals surface area contributed by atoms with Crippen LogP contribution < -0.4 is 0 Å². The molecule has 1 saturated carbocycles. The van der Waals surface area contributed by atoms with Gasteiger partial charge in [0.2, 0.25) is 5.91 Å². The average Bonchev–Trinajstić information content (AvgIpc) is 3.24. The third-order valence-corrected chi connectivity index (χ3v) is 3.68. The van der Waals surface area contributed by atoms with Crippen molar-refractivity contribution in [2.24, 2.45) is 5.41 Å². The molecule has 0 spiro atoms. The molecule has 0 aromatic carbocycles. The van der Waals surface area contributed by atoms with Crippen molar-refractivity contribution in [1.82, 2.24) is 4.90 Å². The molecule has 2 fully saturated rings. The lowest BCUT2D eigenvalue weighted by molar-refractivity contribution is -0.144. The topological polar surface area (TPSA) is 77.1 Å². The van der Waals surface area contributed by atoms with Gasteiger partial charge in [0.25, 0.3) is 0 Å². The molecule has 0 atom stereocenters. The molecule has 96 valence electrons. The number of ether oxygens (including phenoxy) is 1. The Kier molecular flexibility index (Phi) is 3.84. The van der Waals surface area contributed by atoms with Crippen LogP contribution >= 0.6 is 0 Å². The fourth-order valence-electron chi connectivity index (χ4n) is 2.37. The summed E-state index contributed by atoms with van der Waals surface area (Å²) in [4.78, 5) is 14.3. The predicted octanol–water partition coefficient (Wildman–Crippen LogP) is 1.21. The van der Waals surface area contributed by atoms with Gasteiger partial charge in [-0.15, -0.1) is 0 Å². The van der Waals surface area contributed by atoms with Gasteiger partial charge < -0.3 is 9.64 Å². The standard InChI is InChI=1S/C13H17N3O2/c14-6-1-7-16(11-2-3-11)12(17)13(10-15)4-8-18-9-5-13/h11H,1-5,7-9H2. The van der Waals surface area contributed by atoms with Crippen molar-refractivity contribution in [3.8, 4) is 12.1 Å². The number of nitriles is 2. The number of carbonyl (C=O) groups excluding carboxylic acids is 1. The third-order valence-electron chi connectivity index (χ3n) is 3.68. The van der Waals surface area contributed by atoms with Crippen LogP contribution in [0, 0.1) is 28.1 Å². The first kappa shape index (κ1) is 12.9. The number of hydrogen-bond acceptors (Lipinski definition) is 4. The molecule has 0 N–H and O–H groups in total. The molecule has 0 bridgehead atoms. The first-order valence-corrected chi connectivity index (χ1v) is 6.40. The first-order valence-electron chi connectivity index (χ1n) is 6.40. The molecule has 1 amide bonds. The minimum Gasteiger partial charge on any atom is -0.381 e. The Morgan fingerprint density at radius 1 is 1.33 bits per heavy atom. The second-order valence-corrected chi connectivity index (χ2v) is 4.94. The van der Waals surface area contributed by atoms with Gasteiger partial charge in [0.05, 0.1) is 18.6 Å². The third kappa shape index (κ3) is 2.47. The molecular weight excluding hydrogens is 230 g/mol. The van der Waals surface area contributed by atoms with E-state index in [4.69, 9.17) is 10.00 Å². The maximum Gasteiger partial charge on any atom is 0.243 e. The second kappa shape index (κ2) is 5.37. The molecule has 18 heavy (non-hydrogen) atoms. The van der Waals surface area contributed by atoms with Crippen molar-refractivity contribution >= 4 is 5.91 Å². The Labute approximate surface area is 107 Å². The summed E-state index contributed by atoms with van der Waals surface area (Å²) in [6.07, 6.45) is 3.26. The van der Waals surface area contributed by atoms with Gasteiger partial charge in [-0.1, -0.05) is 0 Å². The zero-order chi connectivity index (χ0) is 13.0. The molecule has 0 radical (unpaired) electrons. The molecule has 1 heterocycles. The molecule has 5 nitrogen and oxygen atoms in total. The molecule has 1 saturated heterocycles. The fraction of sp³-hybridized carbons (Fsp3) is 0.769. The predicted molar refractivity (Wildman–Crippen MR) is 63.1 cm³/mol. The maximum atomic E-state index is 12.6. The van der Waals surface area contributed by atoms with Crippen molar-refractivity contribution < 1.29 is 9.53 Å². The highest BCUT2D eigenvalue weighted by Gasteiger charge is 2.46. The lowest BCUT2D eigenvalue weighted by Crippen LogP contribution is -2.47. The second-order valence-electron chi connectivity index (χ2n) is 4.94. The van der Waals surface area contributed by atoms with Gasteiger partial charge in [-0.2, -0.15) is 10.5 Å². The lowest BCUT2D eigenvalue weighted by atomic mass is 9.80. The van der Waals surface area contributed by atoms with Gasteiger partial charge in [-0.25, -0.2) is 0 Å². The van der Waals surface area contributed by atoms with Crippen molar-refractivity contribution in [3.05, 3.63) is 0 Å². The molecule has 1 aliphatic heterocycles. The molecular formula is C13H17N3O2. The SMILES string of the molecule is N#CCCN(C(=O)C1(C#N)CCOCC1)C1CC1. The zero-order valence-corrected chi connectivity index (χ0v) is 10.4. The zero-order valence-electron chi connectivity index (χ0n) is 10.4. The minimum absolute atomic E-state index is 0.0916. The van der Waals surface area contributed by atoms with Crippen LogP contribution in [0.2, 0.25) is 0 Å². The van der Waals surface area contributed by atoms with Crippen LogP contribution in [0.1, 0.15) is 32.1 Å². The van der Waals surface area contributed by atoms with Crippen molar-refractivity contribution in [1.29, 1.82) is 10.5 Å². The first-order chi connectivity index (χ1) is 8.73. The van der Waals surface area contributed by atoms with E-state index < -0.39 is 5.41 Å². The summed E-state index contributed by atoms with van der Waals surface area (Å²) in [7, 11) is 0. The van der Waals surface area contributed by atoms with E-state index in [9.17, 15) is 10.1 Å². The van der Waals surface area contributed by atoms with Crippen LogP contribution in [0.4, 0.5) is 0 Å². The van der Waals surface area contributed by atoms with Gasteiger partial charge in [0.1, 0.15) is 5.41 Å². The van der Waals surface area contributed by atoms with Crippen LogP contribution in [-0.2, 0) is 9.53 Å². The fourth-order valence-corrected chi connectivity index (χ4v) is 2.37. The molecule has 2 rings (SSSR count). The molecule has 5 heteroatoms. The lowest BCUT2D eigenvalue weighted by Gasteiger charge is -2.34. The smallest absolute Gasteiger partial charge is 0.243 e. The summed E-state index contributed by atoms with van der Waals surface area (Å²) in [5.74, 6) is -0.0916. The summed E-state index contributed by atoms with van der Waals surface area (Å²) in [6.45, 7) is 1.39. The van der Waals surface area contributed by atoms with E-state index in [0.29, 0.717) is 39.0 Å². The molecule has 2 aliphatic rings. The number of hydrogen-bond donors (Lipinski definition) is 0. The Bertz CT molecular complexity index is 397. The normalized spacial score (nSPS) is 21.7. The Balaban J connectivity index is 2.11. The van der Waals surface area contributed by atoms with Gasteiger partial charge in [0, 0.05) is 25.8 Å². The van der Waals surface area contributed by atoms with E-state index in [2.05, 4.69) is 12.1 Å². The Morgan fingerprint density at radius 3 is 2.50 bits per heavy atom. The Hall–Kier alpha value is -1.59. The molecule has 0 unspecified atom stereocenters. The largest absolute Gasteiger partial charge is 0.381 e. The van der Waals surface area contributed by atoms with E-state index in [1.165, 1.54) is 0 Å². The number of nitrogens with zero attached hydrogens (tertiary/aromatic N) is 3. The number of carbonyl (C=O) groups is 1. The summed E-state index contributed by atoms with van der Waals surface area (Å²) < 4.78 is 5.24. The summed E-state index contributed by atoms with van der Waals surface area (Å²) in [5, 5.41) is 18.0. The number of rotatable bonds is 4. The highest BCUT2D eigenvalue weighted by molar-refractivity contribution is 5.86. The quantitative estimate of drug-likeness (QED) is 0.748. The van der Waals surface area contributed by atoms with Crippen molar-refractivity contribution in [2.45, 2.75) is 38.1 Å². The van der Waals surface area contributed by atoms with Crippen LogP contribution in [0.15, 0.2) is 0 Å². The van der Waals surface area contributed by atoms with Crippen molar-refractivity contribution in [3.63, 3.8) is 0 Å². The van der Waals surface area contributed by atoms with Crippen molar-refractivity contribution in [2.75, 3.05) is 19.8 Å². The molecule has 0 aromatic rings. The van der Waals surface area contributed by atoms with Crippen LogP contribution in [0.5, 0.6) is 0 Å². The van der Waals surface area contributed by atoms with Gasteiger partial charge in [-0.05, 0) is 25.7 Å². The van der Waals surface area contributed by atoms with E-state index in [-0.39, 0.29) is 11.9 Å². The highest BCUT2D eigenvalue weighted by Crippen LogP contribution is 2.36. The van der Waals surface area contributed by atoms with Crippen LogP contribution in [-0.4, -0.2) is 36.6 Å². The van der Waals surface area contributed by atoms with E-state index in [1.807, 2.05) is 0 Å². The average molecular weight is 247 g/mol. The summed E-state index contributed by atoms with van der Waals surface area (Å²) in [5.41, 5.74) is -0.920. The minimum atomic E-state index is -0.920. The van der Waals surface area contributed by atoms with Gasteiger partial charge in [0.15, 0.2) is 0 Å². The van der Waals surface area contributed by atoms with Crippen LogP contribution in [0.3, 0.4) is 0 Å². The van der Waals surface area contributed by atoms with E-state index in [0.717, 1.165) is 12.8 Å². The highest BCUT2D eigenvalue weighted by atomic mass is 16.5. The van der Waals surface area contributed by atoms with E-state index >= 15 is 0 Å². The van der Waals surface area contributed by atoms with Gasteiger partial charge >= 0.3 is 0 Å². The van der Waals surface area contributed by atoms with Gasteiger partial charge in [-0.3, -0.25) is 4.79 Å².